The molecule has 2 atom stereocenters. The van der Waals surface area contributed by atoms with Gasteiger partial charge in [-0.2, -0.15) is 0 Å². The summed E-state index contributed by atoms with van der Waals surface area (Å²) in [6.45, 7) is 4.09. The predicted octanol–water partition coefficient (Wildman–Crippen LogP) is 1.11. The highest BCUT2D eigenvalue weighted by Gasteiger charge is 2.25. The summed E-state index contributed by atoms with van der Waals surface area (Å²) in [6.07, 6.45) is 2.81. The number of nitrogens with zero attached hydrogens (tertiary/aromatic N) is 2. The molecule has 78 valence electrons. The fourth-order valence-corrected chi connectivity index (χ4v) is 1.83. The Morgan fingerprint density at radius 2 is 2.50 bits per heavy atom. The first-order chi connectivity index (χ1) is 6.66. The molecule has 2 unspecified atom stereocenters. The van der Waals surface area contributed by atoms with Crippen molar-refractivity contribution in [2.75, 3.05) is 20.1 Å². The van der Waals surface area contributed by atoms with Crippen molar-refractivity contribution >= 4 is 0 Å². The minimum Gasteiger partial charge on any atom is -0.448 e. The molecule has 1 aliphatic rings. The molecular formula is C10H17N3O. The lowest BCUT2D eigenvalue weighted by molar-refractivity contribution is 0.392. The van der Waals surface area contributed by atoms with E-state index in [2.05, 4.69) is 16.9 Å². The maximum atomic E-state index is 5.72. The molecule has 0 amide bonds. The van der Waals surface area contributed by atoms with Crippen LogP contribution in [0.1, 0.15) is 36.9 Å². The van der Waals surface area contributed by atoms with Gasteiger partial charge in [-0.3, -0.25) is 0 Å². The lowest BCUT2D eigenvalue weighted by atomic mass is 10.1. The lowest BCUT2D eigenvalue weighted by Gasteiger charge is -2.05. The maximum absolute atomic E-state index is 5.72. The number of rotatable bonds is 2. The molecule has 0 saturated carbocycles. The van der Waals surface area contributed by atoms with Crippen molar-refractivity contribution in [1.29, 1.82) is 0 Å². The van der Waals surface area contributed by atoms with Crippen molar-refractivity contribution in [3.63, 3.8) is 0 Å². The van der Waals surface area contributed by atoms with E-state index in [4.69, 9.17) is 10.2 Å². The van der Waals surface area contributed by atoms with Gasteiger partial charge in [0.25, 0.3) is 0 Å². The molecule has 1 aliphatic heterocycles. The molecular weight excluding hydrogens is 178 g/mol. The Balaban J connectivity index is 2.09. The number of nitrogens with two attached hydrogens (primary N) is 1. The second-order valence-electron chi connectivity index (χ2n) is 4.15. The first-order valence-electron chi connectivity index (χ1n) is 5.06. The van der Waals surface area contributed by atoms with Gasteiger partial charge in [-0.25, -0.2) is 4.98 Å². The lowest BCUT2D eigenvalue weighted by Crippen LogP contribution is -2.13. The van der Waals surface area contributed by atoms with Gasteiger partial charge in [0.2, 0.25) is 0 Å². The molecule has 1 saturated heterocycles. The zero-order valence-corrected chi connectivity index (χ0v) is 8.73. The molecule has 2 rings (SSSR count). The molecule has 4 nitrogen and oxygen atoms in total. The highest BCUT2D eigenvalue weighted by Crippen LogP contribution is 2.26. The van der Waals surface area contributed by atoms with Crippen molar-refractivity contribution in [3.8, 4) is 0 Å². The summed E-state index contributed by atoms with van der Waals surface area (Å²) in [5.74, 6) is 1.30. The first-order valence-corrected chi connectivity index (χ1v) is 5.06. The monoisotopic (exact) mass is 195 g/mol. The van der Waals surface area contributed by atoms with Crippen LogP contribution in [0.5, 0.6) is 0 Å². The second-order valence-corrected chi connectivity index (χ2v) is 4.15. The van der Waals surface area contributed by atoms with Gasteiger partial charge in [0.05, 0.1) is 5.69 Å². The van der Waals surface area contributed by atoms with Crippen molar-refractivity contribution in [3.05, 3.63) is 17.8 Å². The van der Waals surface area contributed by atoms with Crippen LogP contribution in [-0.2, 0) is 0 Å². The smallest absolute Gasteiger partial charge is 0.198 e. The van der Waals surface area contributed by atoms with E-state index in [0.717, 1.165) is 31.1 Å². The fraction of sp³-hybridized carbons (Fsp3) is 0.700. The minimum absolute atomic E-state index is 0.0355. The number of likely N-dealkylation sites (tertiary alicyclic amines) is 1. The maximum Gasteiger partial charge on any atom is 0.198 e. The van der Waals surface area contributed by atoms with Crippen LogP contribution in [0.25, 0.3) is 0 Å². The number of hydrogen-bond donors (Lipinski definition) is 1. The van der Waals surface area contributed by atoms with Gasteiger partial charge in [-0.15, -0.1) is 0 Å². The van der Waals surface area contributed by atoms with E-state index < -0.39 is 0 Å². The van der Waals surface area contributed by atoms with Crippen LogP contribution in [0.3, 0.4) is 0 Å². The van der Waals surface area contributed by atoms with E-state index in [1.165, 1.54) is 0 Å². The summed E-state index contributed by atoms with van der Waals surface area (Å²) >= 11 is 0. The summed E-state index contributed by atoms with van der Waals surface area (Å²) in [7, 11) is 2.12. The van der Waals surface area contributed by atoms with Crippen LogP contribution < -0.4 is 5.73 Å². The van der Waals surface area contributed by atoms with Gasteiger partial charge < -0.3 is 15.1 Å². The van der Waals surface area contributed by atoms with Gasteiger partial charge in [-0.1, -0.05) is 0 Å². The van der Waals surface area contributed by atoms with Crippen LogP contribution in [0.2, 0.25) is 0 Å². The SMILES string of the molecule is CC(N)c1coc(C2CCN(C)C2)n1. The van der Waals surface area contributed by atoms with Crippen LogP contribution >= 0.6 is 0 Å². The summed E-state index contributed by atoms with van der Waals surface area (Å²) in [5, 5.41) is 0. The van der Waals surface area contributed by atoms with Crippen molar-refractivity contribution in [2.24, 2.45) is 5.73 Å². The summed E-state index contributed by atoms with van der Waals surface area (Å²) in [6, 6.07) is -0.0355. The van der Waals surface area contributed by atoms with Crippen LogP contribution in [0.4, 0.5) is 0 Å². The molecule has 0 aliphatic carbocycles. The largest absolute Gasteiger partial charge is 0.448 e. The van der Waals surface area contributed by atoms with Gasteiger partial charge in [0, 0.05) is 18.5 Å². The van der Waals surface area contributed by atoms with Crippen LogP contribution in [0, 0.1) is 0 Å². The zero-order chi connectivity index (χ0) is 10.1. The third kappa shape index (κ3) is 1.81. The predicted molar refractivity (Wildman–Crippen MR) is 54.0 cm³/mol. The molecule has 0 radical (unpaired) electrons. The number of likely N-dealkylation sites (N-methyl/N-ethyl adjacent to an activating group) is 1. The van der Waals surface area contributed by atoms with E-state index in [9.17, 15) is 0 Å². The minimum atomic E-state index is -0.0355. The van der Waals surface area contributed by atoms with Gasteiger partial charge in [0.15, 0.2) is 5.89 Å². The van der Waals surface area contributed by atoms with Crippen molar-refractivity contribution < 1.29 is 4.42 Å². The Morgan fingerprint density at radius 3 is 3.00 bits per heavy atom. The normalized spacial score (nSPS) is 25.5. The van der Waals surface area contributed by atoms with Gasteiger partial charge in [0.1, 0.15) is 6.26 Å². The van der Waals surface area contributed by atoms with Crippen molar-refractivity contribution in [2.45, 2.75) is 25.3 Å². The Kier molecular flexibility index (Phi) is 2.56. The van der Waals surface area contributed by atoms with Crippen LogP contribution in [-0.4, -0.2) is 30.0 Å². The molecule has 2 heterocycles. The highest BCUT2D eigenvalue weighted by atomic mass is 16.3. The average molecular weight is 195 g/mol. The topological polar surface area (TPSA) is 55.3 Å². The Hall–Kier alpha value is -0.870. The fourth-order valence-electron chi connectivity index (χ4n) is 1.83. The third-order valence-corrected chi connectivity index (χ3v) is 2.75. The third-order valence-electron chi connectivity index (χ3n) is 2.75. The van der Waals surface area contributed by atoms with Gasteiger partial charge in [-0.05, 0) is 26.9 Å². The van der Waals surface area contributed by atoms with Gasteiger partial charge >= 0.3 is 0 Å². The second kappa shape index (κ2) is 3.71. The standard InChI is InChI=1S/C10H17N3O/c1-7(11)9-6-14-10(12-9)8-3-4-13(2)5-8/h6-8H,3-5,11H2,1-2H3. The molecule has 1 aromatic heterocycles. The van der Waals surface area contributed by atoms with E-state index in [0.29, 0.717) is 5.92 Å². The highest BCUT2D eigenvalue weighted by molar-refractivity contribution is 5.06. The first kappa shape index (κ1) is 9.68. The molecule has 1 fully saturated rings. The molecule has 0 spiro atoms. The molecule has 4 heteroatoms. The van der Waals surface area contributed by atoms with E-state index in [-0.39, 0.29) is 6.04 Å². The molecule has 0 aromatic carbocycles. The quantitative estimate of drug-likeness (QED) is 0.768. The Labute approximate surface area is 84.1 Å². The number of aromatic nitrogens is 1. The zero-order valence-electron chi connectivity index (χ0n) is 8.73. The molecule has 0 bridgehead atoms. The van der Waals surface area contributed by atoms with Crippen LogP contribution in [0.15, 0.2) is 10.7 Å². The summed E-state index contributed by atoms with van der Waals surface area (Å²) in [5.41, 5.74) is 6.58. The van der Waals surface area contributed by atoms with Crippen molar-refractivity contribution in [1.82, 2.24) is 9.88 Å². The molecule has 1 aromatic rings. The number of hydrogen-bond acceptors (Lipinski definition) is 4. The Morgan fingerprint density at radius 1 is 1.71 bits per heavy atom. The number of oxazole rings is 1. The van der Waals surface area contributed by atoms with E-state index in [1.54, 1.807) is 6.26 Å². The van der Waals surface area contributed by atoms with E-state index in [1.807, 2.05) is 6.92 Å². The average Bonchev–Trinajstić information content (AvgIpc) is 2.70. The molecule has 2 N–H and O–H groups in total. The summed E-state index contributed by atoms with van der Waals surface area (Å²) < 4.78 is 5.44. The Bertz CT molecular complexity index is 308. The van der Waals surface area contributed by atoms with E-state index >= 15 is 0 Å². The molecule has 14 heavy (non-hydrogen) atoms. The summed E-state index contributed by atoms with van der Waals surface area (Å²) in [4.78, 5) is 6.70.